The van der Waals surface area contributed by atoms with E-state index in [1.54, 1.807) is 37.3 Å². The van der Waals surface area contributed by atoms with E-state index in [0.29, 0.717) is 12.1 Å². The molecule has 0 aliphatic heterocycles. The molecule has 1 aromatic heterocycles. The Hall–Kier alpha value is -3.22. The first-order chi connectivity index (χ1) is 13.0. The molecule has 1 heterocycles. The van der Waals surface area contributed by atoms with Crippen molar-refractivity contribution in [1.29, 1.82) is 0 Å². The molecule has 0 radical (unpaired) electrons. The molecule has 0 unspecified atom stereocenters. The molecule has 27 heavy (non-hydrogen) atoms. The maximum atomic E-state index is 14.3. The van der Waals surface area contributed by atoms with E-state index in [0.717, 1.165) is 11.0 Å². The summed E-state index contributed by atoms with van der Waals surface area (Å²) in [6, 6.07) is 11.2. The first-order valence-electron chi connectivity index (χ1n) is 8.76. The molecule has 1 atom stereocenters. The molecular weight excluding hydrogens is 349 g/mol. The SMILES string of the molecule is CCCNC(=O)[C@@H](C)n1c(=O)n(-c2ccccc2F)c(=O)c2ccccc21. The maximum Gasteiger partial charge on any atom is 0.336 e. The number of hydrogen-bond acceptors (Lipinski definition) is 3. The van der Waals surface area contributed by atoms with Crippen molar-refractivity contribution in [1.82, 2.24) is 14.5 Å². The van der Waals surface area contributed by atoms with Crippen LogP contribution in [-0.4, -0.2) is 21.6 Å². The largest absolute Gasteiger partial charge is 0.354 e. The van der Waals surface area contributed by atoms with Crippen LogP contribution in [0.1, 0.15) is 26.3 Å². The minimum absolute atomic E-state index is 0.145. The molecule has 1 N–H and O–H groups in total. The fraction of sp³-hybridized carbons (Fsp3) is 0.250. The average molecular weight is 369 g/mol. The number of aromatic nitrogens is 2. The van der Waals surface area contributed by atoms with Gasteiger partial charge in [0.1, 0.15) is 11.9 Å². The van der Waals surface area contributed by atoms with E-state index in [2.05, 4.69) is 5.32 Å². The van der Waals surface area contributed by atoms with Gasteiger partial charge in [0.25, 0.3) is 5.56 Å². The van der Waals surface area contributed by atoms with E-state index in [1.165, 1.54) is 22.8 Å². The van der Waals surface area contributed by atoms with Crippen molar-refractivity contribution < 1.29 is 9.18 Å². The van der Waals surface area contributed by atoms with Crippen molar-refractivity contribution in [2.45, 2.75) is 26.3 Å². The van der Waals surface area contributed by atoms with E-state index >= 15 is 0 Å². The summed E-state index contributed by atoms with van der Waals surface area (Å²) in [5, 5.41) is 2.98. The van der Waals surface area contributed by atoms with Gasteiger partial charge in [-0.05, 0) is 37.6 Å². The van der Waals surface area contributed by atoms with Gasteiger partial charge in [-0.2, -0.15) is 0 Å². The highest BCUT2D eigenvalue weighted by Crippen LogP contribution is 2.16. The molecule has 0 fully saturated rings. The summed E-state index contributed by atoms with van der Waals surface area (Å²) in [6.45, 7) is 3.97. The molecule has 0 saturated carbocycles. The lowest BCUT2D eigenvalue weighted by molar-refractivity contribution is -0.123. The van der Waals surface area contributed by atoms with E-state index in [4.69, 9.17) is 0 Å². The Morgan fingerprint density at radius 3 is 2.48 bits per heavy atom. The van der Waals surface area contributed by atoms with Crippen LogP contribution in [0.3, 0.4) is 0 Å². The van der Waals surface area contributed by atoms with E-state index in [9.17, 15) is 18.8 Å². The van der Waals surface area contributed by atoms with Gasteiger partial charge in [0, 0.05) is 6.54 Å². The Morgan fingerprint density at radius 1 is 1.11 bits per heavy atom. The first kappa shape index (κ1) is 18.6. The van der Waals surface area contributed by atoms with Gasteiger partial charge < -0.3 is 5.32 Å². The summed E-state index contributed by atoms with van der Waals surface area (Å²) < 4.78 is 16.3. The molecule has 1 amide bonds. The predicted octanol–water partition coefficient (Wildman–Crippen LogP) is 2.38. The lowest BCUT2D eigenvalue weighted by atomic mass is 10.2. The minimum atomic E-state index is -0.868. The first-order valence-corrected chi connectivity index (χ1v) is 8.76. The molecule has 7 heteroatoms. The highest BCUT2D eigenvalue weighted by molar-refractivity contribution is 5.84. The van der Waals surface area contributed by atoms with Crippen LogP contribution in [0.4, 0.5) is 4.39 Å². The number of carbonyl (C=O) groups excluding carboxylic acids is 1. The van der Waals surface area contributed by atoms with Gasteiger partial charge in [-0.3, -0.25) is 14.2 Å². The number of nitrogens with zero attached hydrogens (tertiary/aromatic N) is 2. The quantitative estimate of drug-likeness (QED) is 0.750. The Labute approximate surface area is 154 Å². The Morgan fingerprint density at radius 2 is 1.78 bits per heavy atom. The zero-order valence-corrected chi connectivity index (χ0v) is 15.1. The lowest BCUT2D eigenvalue weighted by Gasteiger charge is -2.19. The van der Waals surface area contributed by atoms with Crippen LogP contribution < -0.4 is 16.6 Å². The van der Waals surface area contributed by atoms with Crippen LogP contribution in [0, 0.1) is 5.82 Å². The number of fused-ring (bicyclic) bond motifs is 1. The number of amides is 1. The van der Waals surface area contributed by atoms with Gasteiger partial charge in [-0.25, -0.2) is 13.8 Å². The summed E-state index contributed by atoms with van der Waals surface area (Å²) >= 11 is 0. The number of para-hydroxylation sites is 2. The standard InChI is InChI=1S/C20H20FN3O3/c1-3-12-22-18(25)13(2)23-16-10-6-4-8-14(16)19(26)24(20(23)27)17-11-7-5-9-15(17)21/h4-11,13H,3,12H2,1-2H3,(H,22,25)/t13-/m1/s1. The summed E-state index contributed by atoms with van der Waals surface area (Å²) in [7, 11) is 0. The molecule has 3 rings (SSSR count). The van der Waals surface area contributed by atoms with Gasteiger partial charge in [-0.1, -0.05) is 31.2 Å². The van der Waals surface area contributed by atoms with Crippen molar-refractivity contribution in [3.8, 4) is 5.69 Å². The van der Waals surface area contributed by atoms with Crippen LogP contribution in [0.5, 0.6) is 0 Å². The summed E-state index contributed by atoms with van der Waals surface area (Å²) in [6.07, 6.45) is 0.753. The molecule has 0 aliphatic carbocycles. The molecule has 0 spiro atoms. The molecule has 6 nitrogen and oxygen atoms in total. The van der Waals surface area contributed by atoms with E-state index in [-0.39, 0.29) is 17.0 Å². The summed E-state index contributed by atoms with van der Waals surface area (Å²) in [5.41, 5.74) is -1.20. The normalized spacial score (nSPS) is 12.1. The van der Waals surface area contributed by atoms with Crippen molar-refractivity contribution in [3.05, 3.63) is 75.2 Å². The van der Waals surface area contributed by atoms with Crippen LogP contribution in [0.2, 0.25) is 0 Å². The van der Waals surface area contributed by atoms with Gasteiger partial charge in [-0.15, -0.1) is 0 Å². The molecule has 0 bridgehead atoms. The third-order valence-corrected chi connectivity index (χ3v) is 4.40. The third-order valence-electron chi connectivity index (χ3n) is 4.40. The monoisotopic (exact) mass is 369 g/mol. The zero-order valence-electron chi connectivity index (χ0n) is 15.1. The second-order valence-electron chi connectivity index (χ2n) is 6.23. The van der Waals surface area contributed by atoms with Gasteiger partial charge >= 0.3 is 5.69 Å². The van der Waals surface area contributed by atoms with Crippen molar-refractivity contribution in [2.75, 3.05) is 6.54 Å². The zero-order chi connectivity index (χ0) is 19.6. The molecular formula is C20H20FN3O3. The number of nitrogens with one attached hydrogen (secondary N) is 1. The van der Waals surface area contributed by atoms with Gasteiger partial charge in [0.2, 0.25) is 5.91 Å². The molecule has 0 saturated heterocycles. The third kappa shape index (κ3) is 3.28. The number of halogens is 1. The topological polar surface area (TPSA) is 73.1 Å². The second kappa shape index (κ2) is 7.57. The fourth-order valence-electron chi connectivity index (χ4n) is 3.02. The number of benzene rings is 2. The van der Waals surface area contributed by atoms with E-state index < -0.39 is 23.1 Å². The van der Waals surface area contributed by atoms with Crippen LogP contribution in [-0.2, 0) is 4.79 Å². The minimum Gasteiger partial charge on any atom is -0.354 e. The van der Waals surface area contributed by atoms with Crippen LogP contribution in [0.15, 0.2) is 58.1 Å². The lowest BCUT2D eigenvalue weighted by Crippen LogP contribution is -2.44. The van der Waals surface area contributed by atoms with Gasteiger partial charge in [0.05, 0.1) is 16.6 Å². The Bertz CT molecular complexity index is 1120. The molecule has 0 aliphatic rings. The molecule has 3 aromatic rings. The second-order valence-corrected chi connectivity index (χ2v) is 6.23. The smallest absolute Gasteiger partial charge is 0.336 e. The average Bonchev–Trinajstić information content (AvgIpc) is 2.67. The maximum absolute atomic E-state index is 14.3. The van der Waals surface area contributed by atoms with Crippen molar-refractivity contribution in [3.63, 3.8) is 0 Å². The van der Waals surface area contributed by atoms with Gasteiger partial charge in [0.15, 0.2) is 0 Å². The van der Waals surface area contributed by atoms with Crippen molar-refractivity contribution in [2.24, 2.45) is 0 Å². The molecule has 2 aromatic carbocycles. The molecule has 140 valence electrons. The van der Waals surface area contributed by atoms with Crippen LogP contribution >= 0.6 is 0 Å². The number of rotatable bonds is 5. The Kier molecular flexibility index (Phi) is 5.21. The Balaban J connectivity index is 2.34. The van der Waals surface area contributed by atoms with E-state index in [1.807, 2.05) is 6.92 Å². The highest BCUT2D eigenvalue weighted by Gasteiger charge is 2.23. The predicted molar refractivity (Wildman–Crippen MR) is 102 cm³/mol. The summed E-state index contributed by atoms with van der Waals surface area (Å²) in [5.74, 6) is -1.04. The number of carbonyl (C=O) groups is 1. The number of hydrogen-bond donors (Lipinski definition) is 1. The van der Waals surface area contributed by atoms with Crippen LogP contribution in [0.25, 0.3) is 16.6 Å². The fourth-order valence-corrected chi connectivity index (χ4v) is 3.02. The highest BCUT2D eigenvalue weighted by atomic mass is 19.1. The van der Waals surface area contributed by atoms with Crippen molar-refractivity contribution >= 4 is 16.8 Å². The summed E-state index contributed by atoms with van der Waals surface area (Å²) in [4.78, 5) is 38.5.